The molecule has 0 amide bonds. The monoisotopic (exact) mass is 302 g/mol. The molecule has 10 heteroatoms. The third-order valence-electron chi connectivity index (χ3n) is 2.39. The number of nitro benzene ring substituents is 1. The Morgan fingerprint density at radius 3 is 2.26 bits per heavy atom. The predicted octanol–water partition coefficient (Wildman–Crippen LogP) is 1.32. The molecule has 0 aliphatic rings. The first kappa shape index (κ1) is 13.4. The molecular formula is C9H7ClN4O4S. The van der Waals surface area contributed by atoms with E-state index >= 15 is 0 Å². The third kappa shape index (κ3) is 2.56. The SMILES string of the molecule is Cn1c(-c2ccc([N+](=O)[O-])cc2)nnc1S(=O)(=O)Cl. The minimum atomic E-state index is -3.99. The minimum absolute atomic E-state index is 0.0730. The fourth-order valence-electron chi connectivity index (χ4n) is 1.51. The molecule has 1 aromatic carbocycles. The molecule has 0 saturated carbocycles. The summed E-state index contributed by atoms with van der Waals surface area (Å²) in [6.07, 6.45) is 0. The van der Waals surface area contributed by atoms with Gasteiger partial charge in [-0.2, -0.15) is 0 Å². The van der Waals surface area contributed by atoms with Gasteiger partial charge in [-0.25, -0.2) is 8.42 Å². The molecule has 0 aliphatic carbocycles. The summed E-state index contributed by atoms with van der Waals surface area (Å²) in [5.41, 5.74) is 0.420. The third-order valence-corrected chi connectivity index (χ3v) is 3.60. The average molecular weight is 303 g/mol. The van der Waals surface area contributed by atoms with Crippen molar-refractivity contribution in [2.75, 3.05) is 0 Å². The summed E-state index contributed by atoms with van der Waals surface area (Å²) in [6, 6.07) is 5.48. The lowest BCUT2D eigenvalue weighted by Gasteiger charge is -2.01. The van der Waals surface area contributed by atoms with E-state index in [1.54, 1.807) is 0 Å². The second-order valence-corrected chi connectivity index (χ2v) is 6.07. The van der Waals surface area contributed by atoms with Gasteiger partial charge < -0.3 is 0 Å². The summed E-state index contributed by atoms with van der Waals surface area (Å²) in [4.78, 5) is 9.99. The lowest BCUT2D eigenvalue weighted by atomic mass is 10.2. The Labute approximate surface area is 112 Å². The van der Waals surface area contributed by atoms with E-state index in [0.29, 0.717) is 5.56 Å². The van der Waals surface area contributed by atoms with E-state index in [0.717, 1.165) is 0 Å². The fourth-order valence-corrected chi connectivity index (χ4v) is 2.47. The van der Waals surface area contributed by atoms with Gasteiger partial charge in [-0.3, -0.25) is 14.7 Å². The highest BCUT2D eigenvalue weighted by atomic mass is 35.7. The zero-order valence-corrected chi connectivity index (χ0v) is 11.1. The van der Waals surface area contributed by atoms with Gasteiger partial charge in [0.05, 0.1) is 4.92 Å². The summed E-state index contributed by atoms with van der Waals surface area (Å²) in [5, 5.41) is 17.3. The molecule has 0 saturated heterocycles. The predicted molar refractivity (Wildman–Crippen MR) is 66.1 cm³/mol. The maximum Gasteiger partial charge on any atom is 0.296 e. The van der Waals surface area contributed by atoms with Gasteiger partial charge in [0.2, 0.25) is 0 Å². The van der Waals surface area contributed by atoms with Crippen molar-refractivity contribution in [3.63, 3.8) is 0 Å². The number of benzene rings is 1. The minimum Gasteiger partial charge on any atom is -0.300 e. The van der Waals surface area contributed by atoms with Gasteiger partial charge in [0.1, 0.15) is 0 Å². The number of aromatic nitrogens is 3. The molecule has 1 aromatic heterocycles. The highest BCUT2D eigenvalue weighted by molar-refractivity contribution is 8.13. The van der Waals surface area contributed by atoms with Gasteiger partial charge in [-0.1, -0.05) is 0 Å². The van der Waals surface area contributed by atoms with Crippen molar-refractivity contribution in [1.29, 1.82) is 0 Å². The average Bonchev–Trinajstić information content (AvgIpc) is 2.71. The van der Waals surface area contributed by atoms with Crippen LogP contribution in [-0.4, -0.2) is 28.1 Å². The molecule has 8 nitrogen and oxygen atoms in total. The molecule has 0 N–H and O–H groups in total. The van der Waals surface area contributed by atoms with Crippen LogP contribution >= 0.6 is 10.7 Å². The van der Waals surface area contributed by atoms with Crippen LogP contribution in [0.3, 0.4) is 0 Å². The standard InChI is InChI=1S/C9H7ClN4O4S/c1-13-8(11-12-9(13)19(10,17)18)6-2-4-7(5-3-6)14(15)16/h2-5H,1H3. The first-order valence-electron chi connectivity index (χ1n) is 4.89. The highest BCUT2D eigenvalue weighted by Crippen LogP contribution is 2.23. The number of nitro groups is 1. The molecule has 0 aliphatic heterocycles. The van der Waals surface area contributed by atoms with Gasteiger partial charge in [0.15, 0.2) is 5.82 Å². The summed E-state index contributed by atoms with van der Waals surface area (Å²) in [5.74, 6) is 0.245. The van der Waals surface area contributed by atoms with Crippen molar-refractivity contribution >= 4 is 25.4 Å². The molecule has 0 unspecified atom stereocenters. The maximum atomic E-state index is 11.2. The van der Waals surface area contributed by atoms with E-state index in [1.807, 2.05) is 0 Å². The quantitative estimate of drug-likeness (QED) is 0.480. The normalized spacial score (nSPS) is 11.5. The molecule has 2 aromatic rings. The number of hydrogen-bond acceptors (Lipinski definition) is 6. The molecular weight excluding hydrogens is 296 g/mol. The fraction of sp³-hybridized carbons (Fsp3) is 0.111. The van der Waals surface area contributed by atoms with Crippen LogP contribution in [0.5, 0.6) is 0 Å². The van der Waals surface area contributed by atoms with Gasteiger partial charge in [0, 0.05) is 35.4 Å². The second kappa shape index (κ2) is 4.59. The van der Waals surface area contributed by atoms with Gasteiger partial charge >= 0.3 is 0 Å². The second-order valence-electron chi connectivity index (χ2n) is 3.61. The number of hydrogen-bond donors (Lipinski definition) is 0. The van der Waals surface area contributed by atoms with Crippen molar-refractivity contribution in [1.82, 2.24) is 14.8 Å². The van der Waals surface area contributed by atoms with E-state index in [1.165, 1.54) is 35.9 Å². The summed E-state index contributed by atoms with van der Waals surface area (Å²) >= 11 is 0. The van der Waals surface area contributed by atoms with E-state index in [9.17, 15) is 18.5 Å². The maximum absolute atomic E-state index is 11.2. The molecule has 100 valence electrons. The van der Waals surface area contributed by atoms with E-state index < -0.39 is 14.0 Å². The Kier molecular flexibility index (Phi) is 3.25. The number of halogens is 1. The smallest absolute Gasteiger partial charge is 0.296 e. The zero-order chi connectivity index (χ0) is 14.2. The lowest BCUT2D eigenvalue weighted by Crippen LogP contribution is -2.02. The van der Waals surface area contributed by atoms with Crippen LogP contribution in [0.2, 0.25) is 0 Å². The van der Waals surface area contributed by atoms with Crippen LogP contribution in [0.15, 0.2) is 29.4 Å². The molecule has 0 atom stereocenters. The van der Waals surface area contributed by atoms with Crippen molar-refractivity contribution < 1.29 is 13.3 Å². The number of rotatable bonds is 3. The Morgan fingerprint density at radius 1 is 1.26 bits per heavy atom. The van der Waals surface area contributed by atoms with Crippen LogP contribution < -0.4 is 0 Å². The molecule has 0 bridgehead atoms. The summed E-state index contributed by atoms with van der Waals surface area (Å²) in [7, 11) is 2.64. The van der Waals surface area contributed by atoms with Crippen molar-refractivity contribution in [3.8, 4) is 11.4 Å². The summed E-state index contributed by atoms with van der Waals surface area (Å²) in [6.45, 7) is 0. The molecule has 19 heavy (non-hydrogen) atoms. The first-order chi connectivity index (χ1) is 8.80. The van der Waals surface area contributed by atoms with Gasteiger partial charge in [-0.05, 0) is 12.1 Å². The van der Waals surface area contributed by atoms with Crippen LogP contribution in [0.1, 0.15) is 0 Å². The van der Waals surface area contributed by atoms with Crippen LogP contribution in [-0.2, 0) is 16.1 Å². The van der Waals surface area contributed by atoms with Crippen molar-refractivity contribution in [3.05, 3.63) is 34.4 Å². The Morgan fingerprint density at radius 2 is 1.84 bits per heavy atom. The largest absolute Gasteiger partial charge is 0.300 e. The van der Waals surface area contributed by atoms with Crippen LogP contribution in [0.25, 0.3) is 11.4 Å². The molecule has 0 fully saturated rings. The first-order valence-corrected chi connectivity index (χ1v) is 7.20. The van der Waals surface area contributed by atoms with Crippen LogP contribution in [0, 0.1) is 10.1 Å². The van der Waals surface area contributed by atoms with Crippen LogP contribution in [0.4, 0.5) is 5.69 Å². The van der Waals surface area contributed by atoms with Crippen molar-refractivity contribution in [2.24, 2.45) is 7.05 Å². The summed E-state index contributed by atoms with van der Waals surface area (Å²) < 4.78 is 23.6. The lowest BCUT2D eigenvalue weighted by molar-refractivity contribution is -0.384. The van der Waals surface area contributed by atoms with Gasteiger partial charge in [-0.15, -0.1) is 10.2 Å². The molecule has 0 radical (unpaired) electrons. The Balaban J connectivity index is 2.49. The molecule has 2 rings (SSSR count). The van der Waals surface area contributed by atoms with Gasteiger partial charge in [0.25, 0.3) is 19.9 Å². The highest BCUT2D eigenvalue weighted by Gasteiger charge is 2.21. The number of nitrogens with zero attached hydrogens (tertiary/aromatic N) is 4. The Bertz CT molecular complexity index is 738. The van der Waals surface area contributed by atoms with Crippen molar-refractivity contribution in [2.45, 2.75) is 5.16 Å². The molecule has 1 heterocycles. The van der Waals surface area contributed by atoms with E-state index in [-0.39, 0.29) is 16.7 Å². The molecule has 0 spiro atoms. The van der Waals surface area contributed by atoms with E-state index in [4.69, 9.17) is 10.7 Å². The topological polar surface area (TPSA) is 108 Å². The zero-order valence-electron chi connectivity index (χ0n) is 9.52. The Hall–Kier alpha value is -2.00. The van der Waals surface area contributed by atoms with E-state index in [2.05, 4.69) is 10.2 Å². The number of non-ortho nitro benzene ring substituents is 1.